The largest absolute Gasteiger partial charge is 0.277 e. The maximum absolute atomic E-state index is 14.1. The quantitative estimate of drug-likeness (QED) is 0.110. The fraction of sp³-hybridized carbons (Fsp3) is 0.579. The Balaban J connectivity index is 1.79. The molecule has 318 valence electrons. The van der Waals surface area contributed by atoms with Crippen molar-refractivity contribution in [2.45, 2.75) is 99.7 Å². The summed E-state index contributed by atoms with van der Waals surface area (Å²) in [7, 11) is 5.81. The van der Waals surface area contributed by atoms with Crippen LogP contribution in [0, 0.1) is 0 Å². The first kappa shape index (κ1) is 49.0. The van der Waals surface area contributed by atoms with Gasteiger partial charge in [0.15, 0.2) is 0 Å². The smallest absolute Gasteiger partial charge is 0.268 e. The van der Waals surface area contributed by atoms with Crippen LogP contribution in [0.15, 0.2) is 39.2 Å². The van der Waals surface area contributed by atoms with Gasteiger partial charge in [-0.25, -0.2) is 0 Å². The molecule has 4 aliphatic rings. The van der Waals surface area contributed by atoms with Gasteiger partial charge in [-0.05, 0) is 24.3 Å². The number of hydrogen-bond donors (Lipinski definition) is 0. The Morgan fingerprint density at radius 2 is 0.672 bits per heavy atom. The van der Waals surface area contributed by atoms with Crippen LogP contribution in [0.25, 0.3) is 0 Å². The number of imide groups is 4. The third-order valence-corrected chi connectivity index (χ3v) is 20.8. The van der Waals surface area contributed by atoms with Gasteiger partial charge in [-0.3, -0.25) is 58.0 Å². The molecule has 0 saturated carbocycles. The van der Waals surface area contributed by atoms with Crippen LogP contribution in [0.4, 0.5) is 0 Å². The zero-order valence-electron chi connectivity index (χ0n) is 34.6. The minimum atomic E-state index is -0.516. The molecule has 58 heavy (non-hydrogen) atoms. The molecule has 0 saturated heterocycles. The molecular weight excluding hydrogens is 897 g/mol. The van der Waals surface area contributed by atoms with Gasteiger partial charge in [0.1, 0.15) is 0 Å². The van der Waals surface area contributed by atoms with Crippen LogP contribution in [-0.2, 0) is 38.4 Å². The summed E-state index contributed by atoms with van der Waals surface area (Å²) in [6.45, 7) is 15.5. The van der Waals surface area contributed by atoms with E-state index in [4.69, 9.17) is 0 Å². The van der Waals surface area contributed by atoms with Crippen molar-refractivity contribution in [2.75, 3.05) is 39.7 Å². The number of carbonyl (C=O) groups excluding carboxylic acids is 8. The Bertz CT molecular complexity index is 1910. The molecule has 0 aromatic rings. The predicted molar refractivity (Wildman–Crippen MR) is 247 cm³/mol. The number of carbonyl (C=O) groups is 8. The monoisotopic (exact) mass is 946 g/mol. The molecule has 4 aliphatic heterocycles. The first-order valence-electron chi connectivity index (χ1n) is 18.8. The van der Waals surface area contributed by atoms with E-state index in [0.717, 1.165) is 19.6 Å². The molecule has 8 amide bonds. The lowest BCUT2D eigenvalue weighted by molar-refractivity contribution is -0.136. The lowest BCUT2D eigenvalue weighted by Crippen LogP contribution is -2.32. The number of rotatable bonds is 21. The Morgan fingerprint density at radius 3 is 1.02 bits per heavy atom. The van der Waals surface area contributed by atoms with Gasteiger partial charge >= 0.3 is 0 Å². The molecule has 0 aromatic heterocycles. The molecule has 0 unspecified atom stereocenters. The van der Waals surface area contributed by atoms with Gasteiger partial charge in [0.25, 0.3) is 47.3 Å². The molecule has 12 nitrogen and oxygen atoms in total. The molecule has 0 N–H and O–H groups in total. The van der Waals surface area contributed by atoms with Crippen molar-refractivity contribution in [3.05, 3.63) is 39.2 Å². The normalized spacial score (nSPS) is 20.9. The van der Waals surface area contributed by atoms with E-state index in [1.165, 1.54) is 122 Å². The van der Waals surface area contributed by atoms with Gasteiger partial charge in [-0.2, -0.15) is 0 Å². The number of hydrogen-bond acceptors (Lipinski definition) is 16. The van der Waals surface area contributed by atoms with Gasteiger partial charge in [0, 0.05) is 59.7 Å². The third kappa shape index (κ3) is 9.99. The molecule has 0 bridgehead atoms. The van der Waals surface area contributed by atoms with E-state index in [9.17, 15) is 38.4 Å². The maximum Gasteiger partial charge on any atom is 0.268 e. The third-order valence-electron chi connectivity index (χ3n) is 9.30. The highest BCUT2D eigenvalue weighted by Gasteiger charge is 2.46. The summed E-state index contributed by atoms with van der Waals surface area (Å²) in [4.78, 5) is 115. The van der Waals surface area contributed by atoms with Crippen molar-refractivity contribution in [3.8, 4) is 0 Å². The standard InChI is InChI=1S/C38H50N4O8S8/c1-13-20(56-25-23(51-15-3)31(43)39(9)33(25)45)18(7)54-29-30(38(50)42(12)37(29)49)58-22(19(8)55-28-27(53-17(5)6)35(47)41(11)36(28)48)21(14-2)57-26-24(52-16-4)32(44)40(10)34(26)46/h17-22H,13-16H2,1-12H3/t18-,19+,20-,21+,22+/m0/s1. The molecule has 4 rings (SSSR count). The van der Waals surface area contributed by atoms with E-state index in [0.29, 0.717) is 53.8 Å². The average Bonchev–Trinajstić information content (AvgIpc) is 3.68. The molecule has 4 heterocycles. The van der Waals surface area contributed by atoms with Crippen LogP contribution in [0.5, 0.6) is 0 Å². The van der Waals surface area contributed by atoms with Crippen molar-refractivity contribution in [2.24, 2.45) is 0 Å². The first-order chi connectivity index (χ1) is 27.3. The van der Waals surface area contributed by atoms with E-state index in [1.807, 2.05) is 55.4 Å². The van der Waals surface area contributed by atoms with Crippen LogP contribution in [0.3, 0.4) is 0 Å². The van der Waals surface area contributed by atoms with Gasteiger partial charge in [-0.1, -0.05) is 55.4 Å². The van der Waals surface area contributed by atoms with Crippen molar-refractivity contribution in [1.82, 2.24) is 19.6 Å². The van der Waals surface area contributed by atoms with Crippen LogP contribution in [0.2, 0.25) is 0 Å². The lowest BCUT2D eigenvalue weighted by Gasteiger charge is -2.31. The number of likely N-dealkylation sites (N-methyl/N-ethyl adjacent to an activating group) is 4. The minimum Gasteiger partial charge on any atom is -0.277 e. The van der Waals surface area contributed by atoms with Crippen molar-refractivity contribution >= 4 is 141 Å². The number of amides is 8. The summed E-state index contributed by atoms with van der Waals surface area (Å²) in [6.07, 6.45) is 1.11. The maximum atomic E-state index is 14.1. The van der Waals surface area contributed by atoms with Crippen LogP contribution in [-0.4, -0.2) is 138 Å². The van der Waals surface area contributed by atoms with Crippen LogP contribution < -0.4 is 0 Å². The first-order valence-corrected chi connectivity index (χ1v) is 26.0. The van der Waals surface area contributed by atoms with E-state index < -0.39 is 39.4 Å². The molecule has 0 aromatic carbocycles. The number of thioether (sulfide) groups is 8. The van der Waals surface area contributed by atoms with Gasteiger partial charge < -0.3 is 0 Å². The zero-order valence-corrected chi connectivity index (χ0v) is 41.1. The van der Waals surface area contributed by atoms with Crippen molar-refractivity contribution < 1.29 is 38.4 Å². The molecular formula is C38H50N4O8S8. The summed E-state index contributed by atoms with van der Waals surface area (Å²) in [6, 6.07) is 0. The van der Waals surface area contributed by atoms with E-state index in [2.05, 4.69) is 0 Å². The fourth-order valence-electron chi connectivity index (χ4n) is 6.09. The Morgan fingerprint density at radius 1 is 0.379 bits per heavy atom. The van der Waals surface area contributed by atoms with E-state index >= 15 is 0 Å². The molecule has 0 radical (unpaired) electrons. The molecule has 20 heteroatoms. The Kier molecular flexibility index (Phi) is 17.7. The second kappa shape index (κ2) is 20.9. The summed E-state index contributed by atoms with van der Waals surface area (Å²) in [5.74, 6) is -2.01. The summed E-state index contributed by atoms with van der Waals surface area (Å²) < 4.78 is 0. The zero-order chi connectivity index (χ0) is 43.5. The predicted octanol–water partition coefficient (Wildman–Crippen LogP) is 6.84. The van der Waals surface area contributed by atoms with Crippen molar-refractivity contribution in [1.29, 1.82) is 0 Å². The van der Waals surface area contributed by atoms with E-state index in [-0.39, 0.29) is 49.2 Å². The molecule has 0 spiro atoms. The Labute approximate surface area is 375 Å². The SMILES string of the molecule is CCSC1=C(S[C@@H](CC)[C@H](C)SC2=C(S[C@H]([C@@H](C)SC3=C(SC(C)C)C(=O)N(C)C3=O)[C@@H](CC)SC3=C(SCC)C(=O)N(C)C3=O)C(=O)N(C)C2=O)C(=O)N(C)C1=O. The highest BCUT2D eigenvalue weighted by Crippen LogP contribution is 2.51. The van der Waals surface area contributed by atoms with Gasteiger partial charge in [0.05, 0.1) is 39.2 Å². The van der Waals surface area contributed by atoms with Crippen LogP contribution >= 0.6 is 94.1 Å². The van der Waals surface area contributed by atoms with Gasteiger partial charge in [0.2, 0.25) is 0 Å². The average molecular weight is 947 g/mol. The molecule has 5 atom stereocenters. The summed E-state index contributed by atoms with van der Waals surface area (Å²) in [5.41, 5.74) is 0. The fourth-order valence-corrected chi connectivity index (χ4v) is 16.7. The highest BCUT2D eigenvalue weighted by atomic mass is 32.2. The highest BCUT2D eigenvalue weighted by molar-refractivity contribution is 8.13. The Hall–Kier alpha value is -1.68. The number of nitrogens with zero attached hydrogens (tertiary/aromatic N) is 4. The summed E-state index contributed by atoms with van der Waals surface area (Å²) in [5, 5.41) is -1.81. The van der Waals surface area contributed by atoms with Gasteiger partial charge in [-0.15, -0.1) is 94.1 Å². The summed E-state index contributed by atoms with van der Waals surface area (Å²) >= 11 is 10.3. The molecule has 0 aliphatic carbocycles. The second-order valence-electron chi connectivity index (χ2n) is 13.7. The van der Waals surface area contributed by atoms with Crippen LogP contribution in [0.1, 0.15) is 68.2 Å². The second-order valence-corrected chi connectivity index (χ2v) is 24.3. The topological polar surface area (TPSA) is 150 Å². The lowest BCUT2D eigenvalue weighted by atomic mass is 10.2. The molecule has 0 fully saturated rings. The minimum absolute atomic E-state index is 0.0218. The van der Waals surface area contributed by atoms with Crippen molar-refractivity contribution in [3.63, 3.8) is 0 Å². The van der Waals surface area contributed by atoms with E-state index in [1.54, 1.807) is 0 Å².